The van der Waals surface area contributed by atoms with Crippen molar-refractivity contribution in [1.29, 1.82) is 0 Å². The first-order valence-corrected chi connectivity index (χ1v) is 5.17. The van der Waals surface area contributed by atoms with Crippen molar-refractivity contribution in [3.63, 3.8) is 0 Å². The van der Waals surface area contributed by atoms with Crippen LogP contribution in [0, 0.1) is 0 Å². The van der Waals surface area contributed by atoms with Crippen molar-refractivity contribution in [2.24, 2.45) is 0 Å². The molecule has 4 heteroatoms. The van der Waals surface area contributed by atoms with Gasteiger partial charge in [0, 0.05) is 0 Å². The Balaban J connectivity index is 3.20. The van der Waals surface area contributed by atoms with E-state index >= 15 is 0 Å². The maximum atomic E-state index is 11.8. The number of esters is 1. The largest absolute Gasteiger partial charge is 0.508 e. The molecule has 2 N–H and O–H groups in total. The Labute approximate surface area is 95.2 Å². The molecule has 4 nitrogen and oxygen atoms in total. The van der Waals surface area contributed by atoms with Crippen molar-refractivity contribution in [2.45, 2.75) is 18.9 Å². The first-order valence-electron chi connectivity index (χ1n) is 5.17. The zero-order chi connectivity index (χ0) is 12.2. The van der Waals surface area contributed by atoms with Gasteiger partial charge in [-0.1, -0.05) is 19.1 Å². The Morgan fingerprint density at radius 3 is 2.38 bits per heavy atom. The Bertz CT molecular complexity index is 355. The van der Waals surface area contributed by atoms with Gasteiger partial charge in [0.1, 0.15) is 11.3 Å². The van der Waals surface area contributed by atoms with Gasteiger partial charge in [-0.3, -0.25) is 0 Å². The Morgan fingerprint density at radius 2 is 2.00 bits per heavy atom. The second-order valence-electron chi connectivity index (χ2n) is 3.55. The highest BCUT2D eigenvalue weighted by atomic mass is 16.5. The molecule has 1 atom stereocenters. The molecule has 1 aromatic carbocycles. The molecule has 0 aliphatic heterocycles. The lowest BCUT2D eigenvalue weighted by Crippen LogP contribution is -2.47. The van der Waals surface area contributed by atoms with E-state index in [0.717, 1.165) is 5.56 Å². The predicted molar refractivity (Wildman–Crippen MR) is 61.2 cm³/mol. The van der Waals surface area contributed by atoms with Gasteiger partial charge in [0.15, 0.2) is 0 Å². The van der Waals surface area contributed by atoms with Crippen LogP contribution in [0.25, 0.3) is 0 Å². The third-order valence-corrected chi connectivity index (χ3v) is 2.85. The molecule has 0 aromatic heterocycles. The lowest BCUT2D eigenvalue weighted by molar-refractivity contribution is -0.149. The summed E-state index contributed by atoms with van der Waals surface area (Å²) in [5, 5.41) is 12.2. The summed E-state index contributed by atoms with van der Waals surface area (Å²) in [6, 6.07) is 6.54. The number of methoxy groups -OCH3 is 1. The first kappa shape index (κ1) is 12.5. The summed E-state index contributed by atoms with van der Waals surface area (Å²) in [5.41, 5.74) is -0.0650. The Hall–Kier alpha value is -1.55. The van der Waals surface area contributed by atoms with Crippen molar-refractivity contribution in [3.05, 3.63) is 29.8 Å². The van der Waals surface area contributed by atoms with E-state index in [9.17, 15) is 9.90 Å². The molecule has 1 rings (SSSR count). The fourth-order valence-corrected chi connectivity index (χ4v) is 1.81. The second kappa shape index (κ2) is 4.99. The highest BCUT2D eigenvalue weighted by Crippen LogP contribution is 2.27. The van der Waals surface area contributed by atoms with Gasteiger partial charge >= 0.3 is 5.97 Å². The lowest BCUT2D eigenvalue weighted by Gasteiger charge is -2.29. The Morgan fingerprint density at radius 1 is 1.44 bits per heavy atom. The van der Waals surface area contributed by atoms with Crippen molar-refractivity contribution in [1.82, 2.24) is 5.32 Å². The summed E-state index contributed by atoms with van der Waals surface area (Å²) in [5.74, 6) is -0.155. The molecule has 0 spiro atoms. The fourth-order valence-electron chi connectivity index (χ4n) is 1.81. The molecule has 0 heterocycles. The molecule has 0 amide bonds. The third-order valence-electron chi connectivity index (χ3n) is 2.85. The minimum Gasteiger partial charge on any atom is -0.508 e. The average Bonchev–Trinajstić information content (AvgIpc) is 2.33. The number of carbonyl (C=O) groups is 1. The molecule has 0 saturated carbocycles. The van der Waals surface area contributed by atoms with Crippen LogP contribution in [0.3, 0.4) is 0 Å². The van der Waals surface area contributed by atoms with Gasteiger partial charge in [0.05, 0.1) is 7.11 Å². The van der Waals surface area contributed by atoms with Crippen molar-refractivity contribution < 1.29 is 14.6 Å². The van der Waals surface area contributed by atoms with E-state index in [4.69, 9.17) is 4.74 Å². The summed E-state index contributed by atoms with van der Waals surface area (Å²) in [7, 11) is 3.08. The molecule has 0 bridgehead atoms. The topological polar surface area (TPSA) is 58.6 Å². The number of rotatable bonds is 4. The molecule has 0 fully saturated rings. The standard InChI is InChI=1S/C12H17NO3/c1-4-12(13-2,11(15)16-3)9-5-7-10(14)8-6-9/h5-8,13-14H,4H2,1-3H3. The SMILES string of the molecule is CCC(NC)(C(=O)OC)c1ccc(O)cc1. The summed E-state index contributed by atoms with van der Waals surface area (Å²) in [4.78, 5) is 11.8. The average molecular weight is 223 g/mol. The van der Waals surface area contributed by atoms with E-state index < -0.39 is 5.54 Å². The van der Waals surface area contributed by atoms with Crippen LogP contribution in [-0.2, 0) is 15.1 Å². The minimum atomic E-state index is -0.845. The van der Waals surface area contributed by atoms with Crippen LogP contribution < -0.4 is 5.32 Å². The smallest absolute Gasteiger partial charge is 0.330 e. The van der Waals surface area contributed by atoms with E-state index in [1.54, 1.807) is 31.3 Å². The molecule has 16 heavy (non-hydrogen) atoms. The number of benzene rings is 1. The van der Waals surface area contributed by atoms with Gasteiger partial charge in [-0.25, -0.2) is 4.79 Å². The zero-order valence-corrected chi connectivity index (χ0v) is 9.78. The number of hydrogen-bond donors (Lipinski definition) is 2. The minimum absolute atomic E-state index is 0.176. The predicted octanol–water partition coefficient (Wildman–Crippen LogP) is 1.39. The maximum absolute atomic E-state index is 11.8. The van der Waals surface area contributed by atoms with E-state index in [1.165, 1.54) is 7.11 Å². The van der Waals surface area contributed by atoms with Crippen LogP contribution >= 0.6 is 0 Å². The molecule has 1 unspecified atom stereocenters. The highest BCUT2D eigenvalue weighted by Gasteiger charge is 2.38. The number of hydrogen-bond acceptors (Lipinski definition) is 4. The van der Waals surface area contributed by atoms with Crippen LogP contribution in [0.5, 0.6) is 5.75 Å². The summed E-state index contributed by atoms with van der Waals surface area (Å²) >= 11 is 0. The summed E-state index contributed by atoms with van der Waals surface area (Å²) in [6.45, 7) is 1.90. The molecule has 88 valence electrons. The Kier molecular flexibility index (Phi) is 3.90. The molecule has 1 aromatic rings. The summed E-state index contributed by atoms with van der Waals surface area (Å²) in [6.07, 6.45) is 0.570. The monoisotopic (exact) mass is 223 g/mol. The van der Waals surface area contributed by atoms with E-state index in [-0.39, 0.29) is 11.7 Å². The van der Waals surface area contributed by atoms with Gasteiger partial charge in [0.2, 0.25) is 0 Å². The summed E-state index contributed by atoms with van der Waals surface area (Å²) < 4.78 is 4.82. The number of carbonyl (C=O) groups excluding carboxylic acids is 1. The number of aromatic hydroxyl groups is 1. The number of ether oxygens (including phenoxy) is 1. The second-order valence-corrected chi connectivity index (χ2v) is 3.55. The normalized spacial score (nSPS) is 14.2. The van der Waals surface area contributed by atoms with Crippen molar-refractivity contribution >= 4 is 5.97 Å². The molecule has 0 radical (unpaired) electrons. The molecule has 0 aliphatic rings. The van der Waals surface area contributed by atoms with Gasteiger partial charge in [-0.15, -0.1) is 0 Å². The lowest BCUT2D eigenvalue weighted by atomic mass is 9.87. The number of phenols is 1. The first-order chi connectivity index (χ1) is 7.60. The van der Waals surface area contributed by atoms with Crippen LogP contribution in [0.4, 0.5) is 0 Å². The van der Waals surface area contributed by atoms with E-state index in [2.05, 4.69) is 5.32 Å². The number of phenolic OH excluding ortho intramolecular Hbond substituents is 1. The van der Waals surface area contributed by atoms with Crippen LogP contribution in [0.15, 0.2) is 24.3 Å². The maximum Gasteiger partial charge on any atom is 0.330 e. The van der Waals surface area contributed by atoms with E-state index in [0.29, 0.717) is 6.42 Å². The van der Waals surface area contributed by atoms with Gasteiger partial charge in [0.25, 0.3) is 0 Å². The van der Waals surface area contributed by atoms with Crippen molar-refractivity contribution in [2.75, 3.05) is 14.2 Å². The quantitative estimate of drug-likeness (QED) is 0.757. The molecular weight excluding hydrogens is 206 g/mol. The van der Waals surface area contributed by atoms with Crippen LogP contribution in [0.1, 0.15) is 18.9 Å². The highest BCUT2D eigenvalue weighted by molar-refractivity contribution is 5.82. The molecule has 0 saturated heterocycles. The zero-order valence-electron chi connectivity index (χ0n) is 9.78. The molecule has 0 aliphatic carbocycles. The van der Waals surface area contributed by atoms with Gasteiger partial charge < -0.3 is 15.2 Å². The van der Waals surface area contributed by atoms with Crippen LogP contribution in [0.2, 0.25) is 0 Å². The number of likely N-dealkylation sites (N-methyl/N-ethyl adjacent to an activating group) is 1. The molecular formula is C12H17NO3. The van der Waals surface area contributed by atoms with Gasteiger partial charge in [-0.2, -0.15) is 0 Å². The van der Waals surface area contributed by atoms with Crippen molar-refractivity contribution in [3.8, 4) is 5.75 Å². The van der Waals surface area contributed by atoms with E-state index in [1.807, 2.05) is 6.92 Å². The van der Waals surface area contributed by atoms with Crippen LogP contribution in [-0.4, -0.2) is 25.2 Å². The van der Waals surface area contributed by atoms with Gasteiger partial charge in [-0.05, 0) is 31.2 Å². The fraction of sp³-hybridized carbons (Fsp3) is 0.417. The third kappa shape index (κ3) is 2.02. The number of nitrogens with one attached hydrogen (secondary N) is 1.